The number of aliphatic imine (C=N–C) groups is 1. The van der Waals surface area contributed by atoms with Crippen molar-refractivity contribution < 1.29 is 17.9 Å². The molecule has 3 heterocycles. The molecule has 3 saturated heterocycles. The van der Waals surface area contributed by atoms with Crippen LogP contribution in [0, 0.1) is 0 Å². The number of hydrogen-bond acceptors (Lipinski definition) is 5. The SMILES string of the molecule is O=C(N=C1S[C@@H]2CS(=O)(=O)C[C@H]2N1c1ccc(Cl)cc1)[C@H]1CCCO1. The zero-order valence-electron chi connectivity index (χ0n) is 13.3. The zero-order valence-corrected chi connectivity index (χ0v) is 15.7. The Morgan fingerprint density at radius 2 is 2.04 bits per heavy atom. The quantitative estimate of drug-likeness (QED) is 0.756. The summed E-state index contributed by atoms with van der Waals surface area (Å²) in [6.07, 6.45) is 1.06. The molecule has 6 nitrogen and oxygen atoms in total. The molecule has 3 aliphatic heterocycles. The smallest absolute Gasteiger partial charge is 0.277 e. The summed E-state index contributed by atoms with van der Waals surface area (Å²) in [6.45, 7) is 0.582. The lowest BCUT2D eigenvalue weighted by Gasteiger charge is -2.24. The van der Waals surface area contributed by atoms with Gasteiger partial charge in [-0.15, -0.1) is 0 Å². The van der Waals surface area contributed by atoms with E-state index in [1.807, 2.05) is 17.0 Å². The Labute approximate surface area is 155 Å². The number of thioether (sulfide) groups is 1. The van der Waals surface area contributed by atoms with Gasteiger partial charge in [-0.3, -0.25) is 4.79 Å². The number of carbonyl (C=O) groups is 1. The number of amidine groups is 1. The van der Waals surface area contributed by atoms with E-state index >= 15 is 0 Å². The summed E-state index contributed by atoms with van der Waals surface area (Å²) >= 11 is 7.33. The fourth-order valence-electron chi connectivity index (χ4n) is 3.41. The monoisotopic (exact) mass is 400 g/mol. The third kappa shape index (κ3) is 3.45. The molecule has 0 saturated carbocycles. The molecule has 4 rings (SSSR count). The Hall–Kier alpha value is -1.09. The van der Waals surface area contributed by atoms with Gasteiger partial charge >= 0.3 is 0 Å². The minimum atomic E-state index is -3.08. The molecule has 0 unspecified atom stereocenters. The van der Waals surface area contributed by atoms with Crippen LogP contribution in [0.5, 0.6) is 0 Å². The maximum atomic E-state index is 12.4. The van der Waals surface area contributed by atoms with Crippen LogP contribution in [0.4, 0.5) is 5.69 Å². The summed E-state index contributed by atoms with van der Waals surface area (Å²) in [4.78, 5) is 18.5. The fourth-order valence-corrected chi connectivity index (χ4v) is 7.45. The van der Waals surface area contributed by atoms with E-state index in [1.165, 1.54) is 11.8 Å². The van der Waals surface area contributed by atoms with Gasteiger partial charge in [0.1, 0.15) is 6.10 Å². The number of nitrogens with zero attached hydrogens (tertiary/aromatic N) is 2. The van der Waals surface area contributed by atoms with Gasteiger partial charge in [0.15, 0.2) is 15.0 Å². The first-order chi connectivity index (χ1) is 11.9. The number of amides is 1. The number of benzene rings is 1. The van der Waals surface area contributed by atoms with Crippen LogP contribution >= 0.6 is 23.4 Å². The lowest BCUT2D eigenvalue weighted by molar-refractivity contribution is -0.126. The molecule has 9 heteroatoms. The van der Waals surface area contributed by atoms with Crippen molar-refractivity contribution in [2.45, 2.75) is 30.2 Å². The Balaban J connectivity index is 1.68. The summed E-state index contributed by atoms with van der Waals surface area (Å²) < 4.78 is 29.5. The minimum absolute atomic E-state index is 0.0699. The van der Waals surface area contributed by atoms with Crippen LogP contribution in [0.2, 0.25) is 5.02 Å². The molecule has 0 aromatic heterocycles. The number of ether oxygens (including phenoxy) is 1. The van der Waals surface area contributed by atoms with Crippen molar-refractivity contribution in [1.82, 2.24) is 0 Å². The number of halogens is 1. The van der Waals surface area contributed by atoms with E-state index in [-0.39, 0.29) is 28.7 Å². The molecular weight excluding hydrogens is 384 g/mol. The van der Waals surface area contributed by atoms with Gasteiger partial charge in [0.25, 0.3) is 5.91 Å². The maximum absolute atomic E-state index is 12.4. The number of hydrogen-bond donors (Lipinski definition) is 0. The lowest BCUT2D eigenvalue weighted by Crippen LogP contribution is -2.38. The van der Waals surface area contributed by atoms with Crippen LogP contribution in [-0.4, -0.2) is 55.0 Å². The molecule has 1 aromatic carbocycles. The van der Waals surface area contributed by atoms with Gasteiger partial charge in [-0.05, 0) is 37.1 Å². The molecule has 0 N–H and O–H groups in total. The lowest BCUT2D eigenvalue weighted by atomic mass is 10.2. The topological polar surface area (TPSA) is 76.0 Å². The number of carbonyl (C=O) groups excluding carboxylic acids is 1. The summed E-state index contributed by atoms with van der Waals surface area (Å²) in [5.41, 5.74) is 0.792. The van der Waals surface area contributed by atoms with Crippen molar-refractivity contribution >= 4 is 50.0 Å². The number of rotatable bonds is 2. The normalized spacial score (nSPS) is 32.3. The highest BCUT2D eigenvalue weighted by atomic mass is 35.5. The predicted molar refractivity (Wildman–Crippen MR) is 99.2 cm³/mol. The van der Waals surface area contributed by atoms with Crippen LogP contribution in [0.15, 0.2) is 29.3 Å². The van der Waals surface area contributed by atoms with Crippen molar-refractivity contribution in [2.24, 2.45) is 4.99 Å². The summed E-state index contributed by atoms with van der Waals surface area (Å²) in [6, 6.07) is 6.92. The van der Waals surface area contributed by atoms with Crippen LogP contribution < -0.4 is 4.90 Å². The molecule has 25 heavy (non-hydrogen) atoms. The van der Waals surface area contributed by atoms with Crippen LogP contribution in [0.1, 0.15) is 12.8 Å². The summed E-state index contributed by atoms with van der Waals surface area (Å²) in [5.74, 6) is -0.109. The molecule has 3 fully saturated rings. The fraction of sp³-hybridized carbons (Fsp3) is 0.500. The van der Waals surface area contributed by atoms with E-state index in [0.717, 1.165) is 12.1 Å². The minimum Gasteiger partial charge on any atom is -0.368 e. The third-order valence-electron chi connectivity index (χ3n) is 4.58. The van der Waals surface area contributed by atoms with Crippen molar-refractivity contribution in [3.8, 4) is 0 Å². The van der Waals surface area contributed by atoms with E-state index in [4.69, 9.17) is 16.3 Å². The average molecular weight is 401 g/mol. The molecular formula is C16H17ClN2O4S2. The molecule has 3 aliphatic rings. The average Bonchev–Trinajstić information content (AvgIpc) is 3.23. The highest BCUT2D eigenvalue weighted by Crippen LogP contribution is 2.41. The molecule has 1 aromatic rings. The van der Waals surface area contributed by atoms with Crippen molar-refractivity contribution in [3.05, 3.63) is 29.3 Å². The number of sulfone groups is 1. The van der Waals surface area contributed by atoms with E-state index in [2.05, 4.69) is 4.99 Å². The van der Waals surface area contributed by atoms with Crippen molar-refractivity contribution in [1.29, 1.82) is 0 Å². The van der Waals surface area contributed by atoms with Crippen LogP contribution in [0.3, 0.4) is 0 Å². The maximum Gasteiger partial charge on any atom is 0.277 e. The molecule has 1 amide bonds. The van der Waals surface area contributed by atoms with E-state index < -0.39 is 15.9 Å². The molecule has 3 atom stereocenters. The zero-order chi connectivity index (χ0) is 17.6. The van der Waals surface area contributed by atoms with Gasteiger partial charge < -0.3 is 9.64 Å². The standard InChI is InChI=1S/C16H17ClN2O4S2/c17-10-3-5-11(6-4-10)19-12-8-25(21,22)9-14(12)24-16(19)18-15(20)13-2-1-7-23-13/h3-6,12-14H,1-2,7-9H2/t12-,13-,14-/m1/s1. The van der Waals surface area contributed by atoms with Gasteiger partial charge in [-0.25, -0.2) is 8.42 Å². The second kappa shape index (κ2) is 6.57. The van der Waals surface area contributed by atoms with Crippen LogP contribution in [0.25, 0.3) is 0 Å². The van der Waals surface area contributed by atoms with Gasteiger partial charge in [-0.2, -0.15) is 4.99 Å². The van der Waals surface area contributed by atoms with Gasteiger partial charge in [0.05, 0.1) is 17.5 Å². The molecule has 0 spiro atoms. The predicted octanol–water partition coefficient (Wildman–Crippen LogP) is 2.12. The highest BCUT2D eigenvalue weighted by molar-refractivity contribution is 8.16. The first-order valence-corrected chi connectivity index (χ1v) is 11.2. The first kappa shape index (κ1) is 17.3. The highest BCUT2D eigenvalue weighted by Gasteiger charge is 2.49. The number of anilines is 1. The summed E-state index contributed by atoms with van der Waals surface area (Å²) in [5, 5.41) is 1.03. The summed E-state index contributed by atoms with van der Waals surface area (Å²) in [7, 11) is -3.08. The van der Waals surface area contributed by atoms with E-state index in [9.17, 15) is 13.2 Å². The van der Waals surface area contributed by atoms with Crippen LogP contribution in [-0.2, 0) is 19.4 Å². The Morgan fingerprint density at radius 1 is 1.28 bits per heavy atom. The Kier molecular flexibility index (Phi) is 4.56. The van der Waals surface area contributed by atoms with E-state index in [1.54, 1.807) is 12.1 Å². The molecule has 0 bridgehead atoms. The van der Waals surface area contributed by atoms with Crippen molar-refractivity contribution in [3.63, 3.8) is 0 Å². The Morgan fingerprint density at radius 3 is 2.72 bits per heavy atom. The van der Waals surface area contributed by atoms with Crippen molar-refractivity contribution in [2.75, 3.05) is 23.0 Å². The van der Waals surface area contributed by atoms with E-state index in [0.29, 0.717) is 23.2 Å². The second-order valence-electron chi connectivity index (χ2n) is 6.38. The van der Waals surface area contributed by atoms with Gasteiger partial charge in [0, 0.05) is 22.6 Å². The first-order valence-electron chi connectivity index (χ1n) is 8.09. The molecule has 0 aliphatic carbocycles. The van der Waals surface area contributed by atoms with Gasteiger partial charge in [-0.1, -0.05) is 23.4 Å². The second-order valence-corrected chi connectivity index (χ2v) is 10.2. The molecule has 0 radical (unpaired) electrons. The largest absolute Gasteiger partial charge is 0.368 e. The van der Waals surface area contributed by atoms with Gasteiger partial charge in [0.2, 0.25) is 0 Å². The molecule has 134 valence electrons. The third-order valence-corrected chi connectivity index (χ3v) is 8.04. The number of fused-ring (bicyclic) bond motifs is 1. The Bertz CT molecular complexity index is 819.